The highest BCUT2D eigenvalue weighted by Gasteiger charge is 2.20. The Morgan fingerprint density at radius 3 is 2.78 bits per heavy atom. The molecular weight excluding hydrogens is 346 g/mol. The average Bonchev–Trinajstić information content (AvgIpc) is 3.25. The van der Waals surface area contributed by atoms with Gasteiger partial charge in [-0.05, 0) is 32.8 Å². The Morgan fingerprint density at radius 1 is 1.39 bits per heavy atom. The number of carbonyl (C=O) groups is 1. The molecule has 3 heterocycles. The van der Waals surface area contributed by atoms with Crippen LogP contribution in [0.4, 0.5) is 0 Å². The Bertz CT molecular complexity index is 715. The van der Waals surface area contributed by atoms with Crippen LogP contribution in [0.15, 0.2) is 17.6 Å². The van der Waals surface area contributed by atoms with Crippen LogP contribution >= 0.6 is 35.3 Å². The summed E-state index contributed by atoms with van der Waals surface area (Å²) >= 11 is 8.49. The van der Waals surface area contributed by atoms with Crippen molar-refractivity contribution in [2.45, 2.75) is 26.7 Å². The number of carbonyl (C=O) groups excluding carboxylic acids is 1. The summed E-state index contributed by atoms with van der Waals surface area (Å²) < 4.78 is 2.89. The van der Waals surface area contributed by atoms with Gasteiger partial charge in [0.1, 0.15) is 4.32 Å². The van der Waals surface area contributed by atoms with Gasteiger partial charge in [0.2, 0.25) is 0 Å². The van der Waals surface area contributed by atoms with E-state index in [1.54, 1.807) is 17.5 Å². The zero-order chi connectivity index (χ0) is 16.4. The molecule has 0 spiro atoms. The number of hydrogen-bond acceptors (Lipinski definition) is 5. The highest BCUT2D eigenvalue weighted by Crippen LogP contribution is 2.24. The fourth-order valence-electron chi connectivity index (χ4n) is 2.86. The smallest absolute Gasteiger partial charge is 0.193 e. The van der Waals surface area contributed by atoms with Crippen LogP contribution in [0.5, 0.6) is 0 Å². The Kier molecular flexibility index (Phi) is 5.18. The van der Waals surface area contributed by atoms with Crippen LogP contribution < -0.4 is 0 Å². The lowest BCUT2D eigenvalue weighted by Crippen LogP contribution is -2.24. The van der Waals surface area contributed by atoms with E-state index in [1.807, 2.05) is 29.9 Å². The number of rotatable bonds is 4. The van der Waals surface area contributed by atoms with Crippen molar-refractivity contribution in [3.05, 3.63) is 34.6 Å². The van der Waals surface area contributed by atoms with Gasteiger partial charge in [-0.25, -0.2) is 4.98 Å². The normalized spacial score (nSPS) is 14.4. The van der Waals surface area contributed by atoms with E-state index in [0.717, 1.165) is 39.5 Å². The number of hydrogen-bond donors (Lipinski definition) is 0. The molecule has 0 N–H and O–H groups in total. The van der Waals surface area contributed by atoms with E-state index < -0.39 is 0 Å². The van der Waals surface area contributed by atoms with Crippen molar-refractivity contribution in [3.63, 3.8) is 0 Å². The molecule has 122 valence electrons. The first-order valence-corrected chi connectivity index (χ1v) is 9.89. The molecule has 3 rings (SSSR count). The molecule has 0 unspecified atom stereocenters. The Balaban J connectivity index is 1.70. The van der Waals surface area contributed by atoms with E-state index in [1.165, 1.54) is 24.6 Å². The van der Waals surface area contributed by atoms with Gasteiger partial charge in [-0.1, -0.05) is 24.0 Å². The molecule has 0 radical (unpaired) electrons. The van der Waals surface area contributed by atoms with Crippen molar-refractivity contribution in [3.8, 4) is 5.13 Å². The fourth-order valence-corrected chi connectivity index (χ4v) is 4.75. The highest BCUT2D eigenvalue weighted by atomic mass is 32.2. The van der Waals surface area contributed by atoms with E-state index in [2.05, 4.69) is 9.88 Å². The van der Waals surface area contributed by atoms with Crippen molar-refractivity contribution in [2.24, 2.45) is 0 Å². The minimum Gasteiger partial charge on any atom is -0.358 e. The second kappa shape index (κ2) is 7.15. The molecule has 0 bridgehead atoms. The molecule has 0 saturated carbocycles. The minimum absolute atomic E-state index is 0.132. The Morgan fingerprint density at radius 2 is 2.13 bits per heavy atom. The first-order chi connectivity index (χ1) is 11.1. The summed E-state index contributed by atoms with van der Waals surface area (Å²) in [4.78, 5) is 19.1. The van der Waals surface area contributed by atoms with Gasteiger partial charge >= 0.3 is 0 Å². The third kappa shape index (κ3) is 3.51. The number of ketones is 1. The first-order valence-electron chi connectivity index (χ1n) is 7.61. The summed E-state index contributed by atoms with van der Waals surface area (Å²) in [6, 6.07) is 1.96. The third-order valence-corrected chi connectivity index (χ3v) is 6.31. The summed E-state index contributed by atoms with van der Waals surface area (Å²) in [5.74, 6) is 0.532. The van der Waals surface area contributed by atoms with Gasteiger partial charge in [0.25, 0.3) is 0 Å². The quantitative estimate of drug-likeness (QED) is 0.608. The first kappa shape index (κ1) is 16.7. The molecule has 1 aliphatic rings. The van der Waals surface area contributed by atoms with Gasteiger partial charge in [-0.3, -0.25) is 9.36 Å². The molecule has 23 heavy (non-hydrogen) atoms. The molecule has 0 aliphatic carbocycles. The Labute approximate surface area is 149 Å². The maximum Gasteiger partial charge on any atom is 0.193 e. The summed E-state index contributed by atoms with van der Waals surface area (Å²) in [6.45, 7) is 6.04. The van der Waals surface area contributed by atoms with Gasteiger partial charge in [0.05, 0.1) is 5.75 Å². The molecule has 1 fully saturated rings. The summed E-state index contributed by atoms with van der Waals surface area (Å²) in [5, 5.41) is 2.85. The molecule has 4 nitrogen and oxygen atoms in total. The van der Waals surface area contributed by atoms with Gasteiger partial charge in [0.15, 0.2) is 10.9 Å². The van der Waals surface area contributed by atoms with E-state index in [0.29, 0.717) is 5.75 Å². The molecule has 1 aliphatic heterocycles. The number of thioether (sulfide) groups is 1. The number of likely N-dealkylation sites (tertiary alicyclic amines) is 1. The molecule has 1 saturated heterocycles. The zero-order valence-corrected chi connectivity index (χ0v) is 15.7. The number of aromatic nitrogens is 2. The molecule has 0 aromatic carbocycles. The lowest BCUT2D eigenvalue weighted by atomic mass is 10.2. The monoisotopic (exact) mass is 365 g/mol. The molecule has 0 amide bonds. The van der Waals surface area contributed by atoms with Gasteiger partial charge in [0, 0.05) is 41.6 Å². The second-order valence-corrected chi connectivity index (χ2v) is 8.09. The predicted molar refractivity (Wildman–Crippen MR) is 101 cm³/mol. The van der Waals surface area contributed by atoms with Gasteiger partial charge in [-0.2, -0.15) is 0 Å². The minimum atomic E-state index is 0.132. The molecule has 0 atom stereocenters. The van der Waals surface area contributed by atoms with Crippen LogP contribution in [0, 0.1) is 13.8 Å². The topological polar surface area (TPSA) is 38.1 Å². The van der Waals surface area contributed by atoms with Crippen molar-refractivity contribution < 1.29 is 4.79 Å². The largest absolute Gasteiger partial charge is 0.358 e. The maximum absolute atomic E-state index is 12.6. The van der Waals surface area contributed by atoms with Crippen LogP contribution in [-0.4, -0.2) is 43.4 Å². The summed E-state index contributed by atoms with van der Waals surface area (Å²) in [5.41, 5.74) is 2.76. The predicted octanol–water partition coefficient (Wildman–Crippen LogP) is 3.85. The van der Waals surface area contributed by atoms with E-state index in [9.17, 15) is 4.79 Å². The maximum atomic E-state index is 12.6. The highest BCUT2D eigenvalue weighted by molar-refractivity contribution is 8.23. The van der Waals surface area contributed by atoms with E-state index in [-0.39, 0.29) is 5.78 Å². The van der Waals surface area contributed by atoms with Crippen LogP contribution in [-0.2, 0) is 0 Å². The van der Waals surface area contributed by atoms with Crippen molar-refractivity contribution in [1.29, 1.82) is 0 Å². The second-order valence-electron chi connectivity index (χ2n) is 5.61. The summed E-state index contributed by atoms with van der Waals surface area (Å²) in [6.07, 6.45) is 4.18. The van der Waals surface area contributed by atoms with E-state index in [4.69, 9.17) is 12.2 Å². The number of Topliss-reactive ketones (excluding diaryl/α,β-unsaturated/α-hetero) is 1. The fraction of sp³-hybridized carbons (Fsp3) is 0.438. The standard InChI is InChI=1S/C16H19N3OS3/c1-11-9-13(12(2)19(11)15-17-5-8-22-15)14(20)10-23-16(21)18-6-3-4-7-18/h5,8-9H,3-4,6-7,10H2,1-2H3. The lowest BCUT2D eigenvalue weighted by Gasteiger charge is -2.17. The molecular formula is C16H19N3OS3. The van der Waals surface area contributed by atoms with Gasteiger partial charge in [-0.15, -0.1) is 11.3 Å². The van der Waals surface area contributed by atoms with Crippen molar-refractivity contribution in [1.82, 2.24) is 14.5 Å². The zero-order valence-electron chi connectivity index (χ0n) is 13.2. The van der Waals surface area contributed by atoms with Crippen molar-refractivity contribution >= 4 is 45.4 Å². The SMILES string of the molecule is Cc1cc(C(=O)CSC(=S)N2CCCC2)c(C)n1-c1nccs1. The number of thiocarbonyl (C=S) groups is 1. The average molecular weight is 366 g/mol. The number of nitrogens with zero attached hydrogens (tertiary/aromatic N) is 3. The van der Waals surface area contributed by atoms with Crippen LogP contribution in [0.25, 0.3) is 5.13 Å². The molecule has 7 heteroatoms. The van der Waals surface area contributed by atoms with E-state index >= 15 is 0 Å². The third-order valence-electron chi connectivity index (χ3n) is 4.03. The summed E-state index contributed by atoms with van der Waals surface area (Å²) in [7, 11) is 0. The van der Waals surface area contributed by atoms with Gasteiger partial charge < -0.3 is 4.90 Å². The molecule has 2 aromatic rings. The van der Waals surface area contributed by atoms with Crippen LogP contribution in [0.3, 0.4) is 0 Å². The number of thiazole rings is 1. The van der Waals surface area contributed by atoms with Crippen LogP contribution in [0.1, 0.15) is 34.6 Å². The Hall–Kier alpha value is -1.18. The lowest BCUT2D eigenvalue weighted by molar-refractivity contribution is 0.102. The number of aryl methyl sites for hydroxylation is 1. The van der Waals surface area contributed by atoms with Crippen LogP contribution in [0.2, 0.25) is 0 Å². The molecule has 2 aromatic heterocycles. The van der Waals surface area contributed by atoms with Crippen molar-refractivity contribution in [2.75, 3.05) is 18.8 Å².